The summed E-state index contributed by atoms with van der Waals surface area (Å²) in [6, 6.07) is 5.38. The second-order valence-corrected chi connectivity index (χ2v) is 7.77. The fourth-order valence-corrected chi connectivity index (χ4v) is 5.40. The Balaban J connectivity index is 2.26. The van der Waals surface area contributed by atoms with E-state index in [1.165, 1.54) is 4.31 Å². The molecule has 0 bridgehead atoms. The third-order valence-corrected chi connectivity index (χ3v) is 6.89. The van der Waals surface area contributed by atoms with Gasteiger partial charge < -0.3 is 5.11 Å². The van der Waals surface area contributed by atoms with Crippen LogP contribution in [0.2, 0.25) is 5.02 Å². The largest absolute Gasteiger partial charge is 0.396 e. The van der Waals surface area contributed by atoms with Gasteiger partial charge in [-0.15, -0.1) is 0 Å². The van der Waals surface area contributed by atoms with E-state index in [1.807, 2.05) is 6.07 Å². The summed E-state index contributed by atoms with van der Waals surface area (Å²) in [6.45, 7) is 0.258. The Labute approximate surface area is 111 Å². The zero-order valence-electron chi connectivity index (χ0n) is 9.93. The third-order valence-electron chi connectivity index (χ3n) is 4.06. The van der Waals surface area contributed by atoms with Crippen molar-refractivity contribution in [1.29, 1.82) is 0 Å². The number of hydrogen-bond acceptors (Lipinski definition) is 3. The number of sulfonamides is 1. The Morgan fingerprint density at radius 3 is 2.89 bits per heavy atom. The predicted molar refractivity (Wildman–Crippen MR) is 68.7 cm³/mol. The van der Waals surface area contributed by atoms with Crippen LogP contribution in [0.15, 0.2) is 18.2 Å². The molecule has 0 saturated heterocycles. The van der Waals surface area contributed by atoms with Gasteiger partial charge in [-0.05, 0) is 29.7 Å². The van der Waals surface area contributed by atoms with Crippen molar-refractivity contribution >= 4 is 21.6 Å². The lowest BCUT2D eigenvalue weighted by atomic mass is 10.0. The number of halogens is 1. The predicted octanol–water partition coefficient (Wildman–Crippen LogP) is 1.32. The average Bonchev–Trinajstić information content (AvgIpc) is 3.05. The van der Waals surface area contributed by atoms with E-state index in [1.54, 1.807) is 19.2 Å². The van der Waals surface area contributed by atoms with E-state index in [0.29, 0.717) is 18.0 Å². The lowest BCUT2D eigenvalue weighted by Crippen LogP contribution is -2.42. The molecule has 2 aliphatic rings. The van der Waals surface area contributed by atoms with Crippen molar-refractivity contribution in [2.45, 2.75) is 17.7 Å². The molecule has 1 aliphatic carbocycles. The van der Waals surface area contributed by atoms with Crippen molar-refractivity contribution in [1.82, 2.24) is 4.31 Å². The SMILES string of the molecule is CN1Cc2ccc(Cl)cc2C2(CC2CO)S1(=O)=O. The van der Waals surface area contributed by atoms with Gasteiger partial charge in [0.05, 0.1) is 0 Å². The van der Waals surface area contributed by atoms with Gasteiger partial charge in [-0.3, -0.25) is 0 Å². The van der Waals surface area contributed by atoms with Crippen molar-refractivity contribution < 1.29 is 13.5 Å². The Kier molecular flexibility index (Phi) is 2.55. The monoisotopic (exact) mass is 287 g/mol. The summed E-state index contributed by atoms with van der Waals surface area (Å²) >= 11 is 5.98. The Morgan fingerprint density at radius 2 is 2.28 bits per heavy atom. The normalized spacial score (nSPS) is 33.4. The van der Waals surface area contributed by atoms with Crippen molar-refractivity contribution in [3.63, 3.8) is 0 Å². The number of rotatable bonds is 1. The second kappa shape index (κ2) is 3.70. The van der Waals surface area contributed by atoms with Crippen LogP contribution in [0.3, 0.4) is 0 Å². The van der Waals surface area contributed by atoms with Crippen molar-refractivity contribution in [3.8, 4) is 0 Å². The molecule has 1 fully saturated rings. The number of aliphatic hydroxyl groups excluding tert-OH is 1. The van der Waals surface area contributed by atoms with Crippen molar-refractivity contribution in [2.24, 2.45) is 5.92 Å². The molecule has 0 aromatic heterocycles. The van der Waals surface area contributed by atoms with Crippen LogP contribution in [-0.4, -0.2) is 31.5 Å². The van der Waals surface area contributed by atoms with E-state index in [9.17, 15) is 13.5 Å². The quantitative estimate of drug-likeness (QED) is 0.848. The summed E-state index contributed by atoms with van der Waals surface area (Å²) in [7, 11) is -1.82. The van der Waals surface area contributed by atoms with Crippen LogP contribution in [-0.2, 0) is 21.3 Å². The molecule has 0 amide bonds. The van der Waals surface area contributed by atoms with Crippen molar-refractivity contribution in [3.05, 3.63) is 34.3 Å². The first-order valence-electron chi connectivity index (χ1n) is 5.79. The minimum Gasteiger partial charge on any atom is -0.396 e. The molecule has 1 aromatic rings. The smallest absolute Gasteiger partial charge is 0.224 e. The molecule has 1 saturated carbocycles. The lowest BCUT2D eigenvalue weighted by molar-refractivity contribution is 0.268. The number of benzene rings is 1. The van der Waals surface area contributed by atoms with Gasteiger partial charge in [0.2, 0.25) is 10.0 Å². The fourth-order valence-electron chi connectivity index (χ4n) is 2.99. The first-order valence-corrected chi connectivity index (χ1v) is 7.61. The molecule has 2 atom stereocenters. The van der Waals surface area contributed by atoms with E-state index in [4.69, 9.17) is 11.6 Å². The van der Waals surface area contributed by atoms with Gasteiger partial charge >= 0.3 is 0 Å². The first kappa shape index (κ1) is 12.4. The second-order valence-electron chi connectivity index (χ2n) is 5.04. The van der Waals surface area contributed by atoms with Gasteiger partial charge in [-0.1, -0.05) is 17.7 Å². The number of hydrogen-bond donors (Lipinski definition) is 1. The zero-order valence-corrected chi connectivity index (χ0v) is 11.5. The highest BCUT2D eigenvalue weighted by Gasteiger charge is 2.67. The average molecular weight is 288 g/mol. The molecule has 18 heavy (non-hydrogen) atoms. The van der Waals surface area contributed by atoms with E-state index in [-0.39, 0.29) is 12.5 Å². The highest BCUT2D eigenvalue weighted by Crippen LogP contribution is 2.61. The van der Waals surface area contributed by atoms with Gasteiger partial charge in [0.1, 0.15) is 4.75 Å². The molecule has 98 valence electrons. The lowest BCUT2D eigenvalue weighted by Gasteiger charge is -2.33. The molecule has 3 rings (SSSR count). The topological polar surface area (TPSA) is 57.6 Å². The summed E-state index contributed by atoms with van der Waals surface area (Å²) in [5.74, 6) is -0.220. The standard InChI is InChI=1S/C12H14ClNO3S/c1-14-6-8-2-3-10(13)4-11(8)12(18(14,16)17)5-9(12)7-15/h2-4,9,15H,5-7H2,1H3. The summed E-state index contributed by atoms with van der Waals surface area (Å²) in [5.41, 5.74) is 1.75. The molecule has 6 heteroatoms. The van der Waals surface area contributed by atoms with Crippen LogP contribution in [0.5, 0.6) is 0 Å². The summed E-state index contributed by atoms with van der Waals surface area (Å²) in [4.78, 5) is 0. The van der Waals surface area contributed by atoms with E-state index >= 15 is 0 Å². The highest BCUT2D eigenvalue weighted by atomic mass is 35.5. The summed E-state index contributed by atoms with van der Waals surface area (Å²) in [5, 5.41) is 9.86. The molecule has 1 N–H and O–H groups in total. The minimum atomic E-state index is -3.41. The van der Waals surface area contributed by atoms with E-state index in [0.717, 1.165) is 11.1 Å². The third kappa shape index (κ3) is 1.36. The molecule has 1 spiro atoms. The number of aliphatic hydroxyl groups is 1. The van der Waals surface area contributed by atoms with Crippen LogP contribution < -0.4 is 0 Å². The van der Waals surface area contributed by atoms with Crippen LogP contribution in [0.25, 0.3) is 0 Å². The maximum absolute atomic E-state index is 12.5. The van der Waals surface area contributed by atoms with Crippen LogP contribution in [0.4, 0.5) is 0 Å². The van der Waals surface area contributed by atoms with Gasteiger partial charge in [0.15, 0.2) is 0 Å². The molecular weight excluding hydrogens is 274 g/mol. The number of nitrogens with zero attached hydrogens (tertiary/aromatic N) is 1. The molecule has 2 unspecified atom stereocenters. The molecule has 1 aliphatic heterocycles. The molecule has 0 radical (unpaired) electrons. The van der Waals surface area contributed by atoms with Gasteiger partial charge in [0.25, 0.3) is 0 Å². The fraction of sp³-hybridized carbons (Fsp3) is 0.500. The number of fused-ring (bicyclic) bond motifs is 2. The molecule has 1 aromatic carbocycles. The first-order chi connectivity index (χ1) is 8.43. The van der Waals surface area contributed by atoms with Gasteiger partial charge in [0, 0.05) is 31.1 Å². The van der Waals surface area contributed by atoms with Gasteiger partial charge in [-0.25, -0.2) is 8.42 Å². The van der Waals surface area contributed by atoms with Gasteiger partial charge in [-0.2, -0.15) is 4.31 Å². The molecule has 4 nitrogen and oxygen atoms in total. The maximum atomic E-state index is 12.5. The van der Waals surface area contributed by atoms with Crippen LogP contribution in [0, 0.1) is 5.92 Å². The van der Waals surface area contributed by atoms with Crippen molar-refractivity contribution in [2.75, 3.05) is 13.7 Å². The van der Waals surface area contributed by atoms with E-state index in [2.05, 4.69) is 0 Å². The highest BCUT2D eigenvalue weighted by molar-refractivity contribution is 7.90. The maximum Gasteiger partial charge on any atom is 0.224 e. The molecular formula is C12H14ClNO3S. The Bertz CT molecular complexity index is 616. The minimum absolute atomic E-state index is 0.112. The Hall–Kier alpha value is -0.620. The van der Waals surface area contributed by atoms with E-state index < -0.39 is 14.8 Å². The molecule has 1 heterocycles. The zero-order chi connectivity index (χ0) is 13.1. The van der Waals surface area contributed by atoms with Crippen LogP contribution >= 0.6 is 11.6 Å². The summed E-state index contributed by atoms with van der Waals surface area (Å²) < 4.78 is 25.4. The summed E-state index contributed by atoms with van der Waals surface area (Å²) in [6.07, 6.45) is 0.476. The van der Waals surface area contributed by atoms with Crippen LogP contribution in [0.1, 0.15) is 17.5 Å². The Morgan fingerprint density at radius 1 is 1.56 bits per heavy atom.